The van der Waals surface area contributed by atoms with Crippen molar-refractivity contribution in [2.75, 3.05) is 11.8 Å². The number of aryl methyl sites for hydroxylation is 1. The van der Waals surface area contributed by atoms with Gasteiger partial charge in [0.25, 0.3) is 10.0 Å². The predicted molar refractivity (Wildman–Crippen MR) is 81.4 cm³/mol. The van der Waals surface area contributed by atoms with Gasteiger partial charge in [0.1, 0.15) is 0 Å². The van der Waals surface area contributed by atoms with Crippen molar-refractivity contribution < 1.29 is 8.42 Å². The molecule has 2 aromatic rings. The molecule has 0 amide bonds. The van der Waals surface area contributed by atoms with Crippen molar-refractivity contribution in [3.63, 3.8) is 0 Å². The van der Waals surface area contributed by atoms with Crippen LogP contribution in [0.5, 0.6) is 0 Å². The summed E-state index contributed by atoms with van der Waals surface area (Å²) in [4.78, 5) is 0.281. The van der Waals surface area contributed by atoms with E-state index in [4.69, 9.17) is 0 Å². The summed E-state index contributed by atoms with van der Waals surface area (Å²) < 4.78 is 27.5. The quantitative estimate of drug-likeness (QED) is 0.846. The largest absolute Gasteiger partial charge is 0.316 e. The van der Waals surface area contributed by atoms with Gasteiger partial charge in [-0.1, -0.05) is 19.1 Å². The lowest BCUT2D eigenvalue weighted by atomic mass is 10.1. The molecule has 0 aliphatic rings. The average Bonchev–Trinajstić information content (AvgIpc) is 2.48. The smallest absolute Gasteiger partial charge is 0.263 e. The molecule has 0 radical (unpaired) electrons. The third kappa shape index (κ3) is 3.77. The summed E-state index contributed by atoms with van der Waals surface area (Å²) in [5.74, 6) is 0.207. The fraction of sp³-hybridized carbons (Fsp3) is 0.286. The van der Waals surface area contributed by atoms with Crippen LogP contribution in [0.25, 0.3) is 0 Å². The lowest BCUT2D eigenvalue weighted by Gasteiger charge is -2.12. The van der Waals surface area contributed by atoms with Crippen LogP contribution in [-0.2, 0) is 23.0 Å². The molecule has 0 saturated heterocycles. The van der Waals surface area contributed by atoms with Gasteiger partial charge in [0.15, 0.2) is 5.82 Å². The van der Waals surface area contributed by atoms with Crippen LogP contribution >= 0.6 is 0 Å². The molecule has 1 aromatic heterocycles. The standard InChI is InChI=1S/C14H18N4O2S/c1-3-12-7-6-11(10-15-2)9-13(12)21(19,20)18-14-5-4-8-16-17-14/h4-9,15H,3,10H2,1-2H3,(H,17,18). The Morgan fingerprint density at radius 2 is 2.05 bits per heavy atom. The Kier molecular flexibility index (Phi) is 4.87. The number of hydrogen-bond acceptors (Lipinski definition) is 5. The Bertz CT molecular complexity index is 702. The lowest BCUT2D eigenvalue weighted by molar-refractivity contribution is 0.599. The first-order chi connectivity index (χ1) is 10.1. The van der Waals surface area contributed by atoms with Crippen LogP contribution in [0.4, 0.5) is 5.82 Å². The number of benzene rings is 1. The summed E-state index contributed by atoms with van der Waals surface area (Å²) in [6.45, 7) is 2.53. The Hall–Kier alpha value is -1.99. The third-order valence-corrected chi connectivity index (χ3v) is 4.43. The van der Waals surface area contributed by atoms with Crippen LogP contribution in [0.15, 0.2) is 41.4 Å². The van der Waals surface area contributed by atoms with Crippen LogP contribution in [0.1, 0.15) is 18.1 Å². The van der Waals surface area contributed by atoms with E-state index in [1.165, 1.54) is 6.20 Å². The van der Waals surface area contributed by atoms with Gasteiger partial charge < -0.3 is 5.32 Å². The van der Waals surface area contributed by atoms with Gasteiger partial charge in [0.2, 0.25) is 0 Å². The molecule has 7 heteroatoms. The molecule has 0 spiro atoms. The zero-order chi connectivity index (χ0) is 15.3. The third-order valence-electron chi connectivity index (χ3n) is 2.99. The van der Waals surface area contributed by atoms with Crippen molar-refractivity contribution in [2.24, 2.45) is 0 Å². The molecule has 0 fully saturated rings. The summed E-state index contributed by atoms with van der Waals surface area (Å²) >= 11 is 0. The second kappa shape index (κ2) is 6.64. The molecular weight excluding hydrogens is 288 g/mol. The van der Waals surface area contributed by atoms with Gasteiger partial charge >= 0.3 is 0 Å². The molecule has 0 saturated carbocycles. The van der Waals surface area contributed by atoms with Gasteiger partial charge in [-0.15, -0.1) is 5.10 Å². The zero-order valence-electron chi connectivity index (χ0n) is 12.0. The minimum atomic E-state index is -3.68. The highest BCUT2D eigenvalue weighted by Crippen LogP contribution is 2.21. The van der Waals surface area contributed by atoms with Gasteiger partial charge in [0, 0.05) is 12.7 Å². The molecule has 112 valence electrons. The normalized spacial score (nSPS) is 11.3. The van der Waals surface area contributed by atoms with E-state index in [0.717, 1.165) is 11.1 Å². The first-order valence-corrected chi connectivity index (χ1v) is 8.12. The van der Waals surface area contributed by atoms with Crippen LogP contribution in [0.3, 0.4) is 0 Å². The van der Waals surface area contributed by atoms with Crippen LogP contribution < -0.4 is 10.0 Å². The van der Waals surface area contributed by atoms with Crippen molar-refractivity contribution in [1.82, 2.24) is 15.5 Å². The molecule has 2 rings (SSSR count). The number of nitrogens with one attached hydrogen (secondary N) is 2. The van der Waals surface area contributed by atoms with Gasteiger partial charge in [-0.3, -0.25) is 4.72 Å². The number of aromatic nitrogens is 2. The maximum absolute atomic E-state index is 12.5. The highest BCUT2D eigenvalue weighted by Gasteiger charge is 2.19. The Balaban J connectivity index is 2.40. The Morgan fingerprint density at radius 3 is 2.67 bits per heavy atom. The topological polar surface area (TPSA) is 84.0 Å². The van der Waals surface area contributed by atoms with Gasteiger partial charge in [-0.2, -0.15) is 5.10 Å². The number of rotatable bonds is 6. The van der Waals surface area contributed by atoms with Crippen molar-refractivity contribution >= 4 is 15.8 Å². The summed E-state index contributed by atoms with van der Waals surface area (Å²) in [7, 11) is -1.86. The van der Waals surface area contributed by atoms with E-state index in [-0.39, 0.29) is 10.7 Å². The first-order valence-electron chi connectivity index (χ1n) is 6.63. The first kappa shape index (κ1) is 15.4. The van der Waals surface area contributed by atoms with E-state index in [1.54, 1.807) is 18.2 Å². The van der Waals surface area contributed by atoms with Crippen molar-refractivity contribution in [3.05, 3.63) is 47.7 Å². The molecule has 6 nitrogen and oxygen atoms in total. The summed E-state index contributed by atoms with van der Waals surface area (Å²) in [6, 6.07) is 8.65. The summed E-state index contributed by atoms with van der Waals surface area (Å²) in [5.41, 5.74) is 1.68. The molecule has 0 atom stereocenters. The van der Waals surface area contributed by atoms with E-state index >= 15 is 0 Å². The molecule has 0 bridgehead atoms. The average molecular weight is 306 g/mol. The molecule has 0 aliphatic carbocycles. The summed E-state index contributed by atoms with van der Waals surface area (Å²) in [6.07, 6.45) is 2.12. The van der Waals surface area contributed by atoms with E-state index in [2.05, 4.69) is 20.2 Å². The number of nitrogens with zero attached hydrogens (tertiary/aromatic N) is 2. The van der Waals surface area contributed by atoms with Crippen LogP contribution in [-0.4, -0.2) is 25.7 Å². The fourth-order valence-electron chi connectivity index (χ4n) is 2.00. The molecule has 2 N–H and O–H groups in total. The van der Waals surface area contributed by atoms with E-state index in [0.29, 0.717) is 13.0 Å². The van der Waals surface area contributed by atoms with Crippen LogP contribution in [0, 0.1) is 0 Å². The van der Waals surface area contributed by atoms with E-state index < -0.39 is 10.0 Å². The van der Waals surface area contributed by atoms with Crippen molar-refractivity contribution in [1.29, 1.82) is 0 Å². The monoisotopic (exact) mass is 306 g/mol. The Labute approximate surface area is 124 Å². The highest BCUT2D eigenvalue weighted by atomic mass is 32.2. The Morgan fingerprint density at radius 1 is 1.24 bits per heavy atom. The van der Waals surface area contributed by atoms with E-state index in [9.17, 15) is 8.42 Å². The molecule has 21 heavy (non-hydrogen) atoms. The van der Waals surface area contributed by atoms with Gasteiger partial charge in [-0.05, 0) is 42.8 Å². The van der Waals surface area contributed by atoms with E-state index in [1.807, 2.05) is 26.1 Å². The second-order valence-electron chi connectivity index (χ2n) is 4.54. The SMILES string of the molecule is CCc1ccc(CNC)cc1S(=O)(=O)Nc1cccnn1. The zero-order valence-corrected chi connectivity index (χ0v) is 12.8. The highest BCUT2D eigenvalue weighted by molar-refractivity contribution is 7.92. The van der Waals surface area contributed by atoms with Crippen molar-refractivity contribution in [2.45, 2.75) is 24.8 Å². The molecular formula is C14H18N4O2S. The molecule has 0 unspecified atom stereocenters. The fourth-order valence-corrected chi connectivity index (χ4v) is 3.36. The maximum atomic E-state index is 12.5. The van der Waals surface area contributed by atoms with Gasteiger partial charge in [-0.25, -0.2) is 8.42 Å². The predicted octanol–water partition coefficient (Wildman–Crippen LogP) is 1.56. The van der Waals surface area contributed by atoms with Crippen molar-refractivity contribution in [3.8, 4) is 0 Å². The molecule has 1 aromatic carbocycles. The molecule has 1 heterocycles. The second-order valence-corrected chi connectivity index (χ2v) is 6.19. The minimum Gasteiger partial charge on any atom is -0.316 e. The minimum absolute atomic E-state index is 0.207. The summed E-state index contributed by atoms with van der Waals surface area (Å²) in [5, 5.41) is 10.4. The maximum Gasteiger partial charge on any atom is 0.263 e. The molecule has 0 aliphatic heterocycles. The number of sulfonamides is 1. The number of hydrogen-bond donors (Lipinski definition) is 2. The lowest BCUT2D eigenvalue weighted by Crippen LogP contribution is -2.17. The van der Waals surface area contributed by atoms with Gasteiger partial charge in [0.05, 0.1) is 4.90 Å². The number of anilines is 1. The van der Waals surface area contributed by atoms with Crippen LogP contribution in [0.2, 0.25) is 0 Å².